The summed E-state index contributed by atoms with van der Waals surface area (Å²) in [5.41, 5.74) is 0. The summed E-state index contributed by atoms with van der Waals surface area (Å²) in [6, 6.07) is 0. The molecule has 2 nitrogen and oxygen atoms in total. The van der Waals surface area contributed by atoms with E-state index >= 15 is 0 Å². The number of rotatable bonds is 5. The monoisotopic (exact) mass is 146 g/mol. The minimum absolute atomic E-state index is 0.334. The molecule has 0 aromatic carbocycles. The van der Waals surface area contributed by atoms with Gasteiger partial charge in [0.2, 0.25) is 0 Å². The van der Waals surface area contributed by atoms with Crippen LogP contribution in [-0.2, 0) is 15.3 Å². The molecule has 0 N–H and O–H groups in total. The maximum atomic E-state index is 10.6. The van der Waals surface area contributed by atoms with Gasteiger partial charge in [0.15, 0.2) is 11.1 Å². The fourth-order valence-electron chi connectivity index (χ4n) is 0.268. The molecule has 0 fully saturated rings. The Bertz CT molecular complexity index is 120. The molecule has 0 bridgehead atoms. The van der Waals surface area contributed by atoms with Crippen molar-refractivity contribution in [3.63, 3.8) is 0 Å². The molecule has 1 unspecified atom stereocenters. The summed E-state index contributed by atoms with van der Waals surface area (Å²) >= 11 is -1.21. The van der Waals surface area contributed by atoms with E-state index in [0.717, 1.165) is 0 Å². The maximum Gasteiger partial charge on any atom is 0.159 e. The topological polar surface area (TPSA) is 26.3 Å². The molecule has 0 aliphatic rings. The lowest BCUT2D eigenvalue weighted by Crippen LogP contribution is -1.99. The van der Waals surface area contributed by atoms with Gasteiger partial charge in [-0.1, -0.05) is 12.2 Å². The molecule has 9 heavy (non-hydrogen) atoms. The van der Waals surface area contributed by atoms with Crippen molar-refractivity contribution in [3.05, 3.63) is 25.3 Å². The lowest BCUT2D eigenvalue weighted by molar-refractivity contribution is 0.397. The Kier molecular flexibility index (Phi) is 5.46. The van der Waals surface area contributed by atoms with E-state index in [1.54, 1.807) is 12.2 Å². The van der Waals surface area contributed by atoms with E-state index < -0.39 is 11.1 Å². The second kappa shape index (κ2) is 5.72. The molecular weight excluding hydrogens is 136 g/mol. The molecule has 0 radical (unpaired) electrons. The van der Waals surface area contributed by atoms with Gasteiger partial charge in [-0.25, -0.2) is 4.21 Å². The SMILES string of the molecule is C=CCOS(=O)CC=C. The van der Waals surface area contributed by atoms with Crippen molar-refractivity contribution < 1.29 is 8.39 Å². The van der Waals surface area contributed by atoms with Gasteiger partial charge in [-0.3, -0.25) is 4.18 Å². The van der Waals surface area contributed by atoms with Gasteiger partial charge in [-0.05, 0) is 0 Å². The lowest BCUT2D eigenvalue weighted by Gasteiger charge is -1.93. The van der Waals surface area contributed by atoms with Gasteiger partial charge < -0.3 is 0 Å². The van der Waals surface area contributed by atoms with Gasteiger partial charge in [0.25, 0.3) is 0 Å². The average Bonchev–Trinajstić information content (AvgIpc) is 1.85. The van der Waals surface area contributed by atoms with Crippen LogP contribution < -0.4 is 0 Å². The molecule has 0 aromatic heterocycles. The first-order chi connectivity index (χ1) is 4.31. The molecule has 1 atom stereocenters. The average molecular weight is 146 g/mol. The zero-order valence-electron chi connectivity index (χ0n) is 5.21. The Hall–Kier alpha value is -0.410. The third-order valence-corrected chi connectivity index (χ3v) is 1.48. The van der Waals surface area contributed by atoms with Crippen LogP contribution in [0.4, 0.5) is 0 Å². The molecule has 0 saturated carbocycles. The second-order valence-electron chi connectivity index (χ2n) is 1.33. The first-order valence-electron chi connectivity index (χ1n) is 2.54. The van der Waals surface area contributed by atoms with Crippen molar-refractivity contribution in [2.75, 3.05) is 12.4 Å². The fraction of sp³-hybridized carbons (Fsp3) is 0.333. The first kappa shape index (κ1) is 8.59. The van der Waals surface area contributed by atoms with Gasteiger partial charge in [-0.2, -0.15) is 0 Å². The van der Waals surface area contributed by atoms with E-state index in [0.29, 0.717) is 12.4 Å². The van der Waals surface area contributed by atoms with E-state index in [1.807, 2.05) is 0 Å². The maximum absolute atomic E-state index is 10.6. The van der Waals surface area contributed by atoms with Crippen LogP contribution in [0, 0.1) is 0 Å². The zero-order chi connectivity index (χ0) is 7.11. The van der Waals surface area contributed by atoms with Crippen LogP contribution in [0.25, 0.3) is 0 Å². The highest BCUT2D eigenvalue weighted by molar-refractivity contribution is 7.80. The highest BCUT2D eigenvalue weighted by atomic mass is 32.2. The summed E-state index contributed by atoms with van der Waals surface area (Å²) in [5.74, 6) is 0.383. The molecule has 0 amide bonds. The minimum atomic E-state index is -1.21. The van der Waals surface area contributed by atoms with Gasteiger partial charge >= 0.3 is 0 Å². The minimum Gasteiger partial charge on any atom is -0.286 e. The van der Waals surface area contributed by atoms with Crippen LogP contribution in [-0.4, -0.2) is 16.6 Å². The molecule has 0 aliphatic heterocycles. The molecule has 0 saturated heterocycles. The Morgan fingerprint density at radius 3 is 2.56 bits per heavy atom. The van der Waals surface area contributed by atoms with E-state index in [1.165, 1.54) is 0 Å². The molecule has 0 spiro atoms. The van der Waals surface area contributed by atoms with Crippen molar-refractivity contribution in [2.24, 2.45) is 0 Å². The Balaban J connectivity index is 3.26. The van der Waals surface area contributed by atoms with Crippen molar-refractivity contribution >= 4 is 11.1 Å². The third kappa shape index (κ3) is 5.46. The highest BCUT2D eigenvalue weighted by Crippen LogP contribution is 1.85. The standard InChI is InChI=1S/C6H10O2S/c1-3-5-8-9(7)6-4-2/h3-4H,1-2,5-6H2. The molecule has 3 heteroatoms. The van der Waals surface area contributed by atoms with E-state index in [4.69, 9.17) is 4.18 Å². The quantitative estimate of drug-likeness (QED) is 0.542. The Labute approximate surface area is 57.9 Å². The smallest absolute Gasteiger partial charge is 0.159 e. The van der Waals surface area contributed by atoms with Crippen LogP contribution in [0.3, 0.4) is 0 Å². The predicted octanol–water partition coefficient (Wildman–Crippen LogP) is 1.04. The summed E-state index contributed by atoms with van der Waals surface area (Å²) in [4.78, 5) is 0. The largest absolute Gasteiger partial charge is 0.286 e. The van der Waals surface area contributed by atoms with Crippen molar-refractivity contribution in [1.29, 1.82) is 0 Å². The summed E-state index contributed by atoms with van der Waals surface area (Å²) in [6.45, 7) is 7.15. The van der Waals surface area contributed by atoms with Crippen LogP contribution in [0.1, 0.15) is 0 Å². The lowest BCUT2D eigenvalue weighted by atomic mass is 10.7. The van der Waals surface area contributed by atoms with Crippen LogP contribution in [0.15, 0.2) is 25.3 Å². The first-order valence-corrected chi connectivity index (χ1v) is 3.79. The van der Waals surface area contributed by atoms with E-state index in [-0.39, 0.29) is 0 Å². The van der Waals surface area contributed by atoms with Crippen molar-refractivity contribution in [3.8, 4) is 0 Å². The molecule has 0 heterocycles. The molecule has 0 aliphatic carbocycles. The van der Waals surface area contributed by atoms with Crippen LogP contribution >= 0.6 is 0 Å². The summed E-state index contributed by atoms with van der Waals surface area (Å²) < 4.78 is 15.3. The van der Waals surface area contributed by atoms with Crippen LogP contribution in [0.5, 0.6) is 0 Å². The van der Waals surface area contributed by atoms with Gasteiger partial charge in [0, 0.05) is 0 Å². The molecular formula is C6H10O2S. The Morgan fingerprint density at radius 1 is 1.44 bits per heavy atom. The number of hydrogen-bond donors (Lipinski definition) is 0. The van der Waals surface area contributed by atoms with Gasteiger partial charge in [-0.15, -0.1) is 13.2 Å². The number of hydrogen-bond acceptors (Lipinski definition) is 2. The fourth-order valence-corrected chi connectivity index (χ4v) is 0.805. The van der Waals surface area contributed by atoms with Crippen molar-refractivity contribution in [1.82, 2.24) is 0 Å². The summed E-state index contributed by atoms with van der Waals surface area (Å²) in [5, 5.41) is 0. The van der Waals surface area contributed by atoms with Gasteiger partial charge in [0.1, 0.15) is 0 Å². The van der Waals surface area contributed by atoms with Crippen molar-refractivity contribution in [2.45, 2.75) is 0 Å². The normalized spacial score (nSPS) is 12.4. The molecule has 0 rings (SSSR count). The van der Waals surface area contributed by atoms with Gasteiger partial charge in [0.05, 0.1) is 12.4 Å². The third-order valence-electron chi connectivity index (χ3n) is 0.571. The molecule has 0 aromatic rings. The molecule has 52 valence electrons. The Morgan fingerprint density at radius 2 is 2.11 bits per heavy atom. The summed E-state index contributed by atoms with van der Waals surface area (Å²) in [6.07, 6.45) is 3.11. The van der Waals surface area contributed by atoms with E-state index in [9.17, 15) is 4.21 Å². The summed E-state index contributed by atoms with van der Waals surface area (Å²) in [7, 11) is 0. The highest BCUT2D eigenvalue weighted by Gasteiger charge is 1.91. The zero-order valence-corrected chi connectivity index (χ0v) is 6.02. The second-order valence-corrected chi connectivity index (χ2v) is 2.51. The van der Waals surface area contributed by atoms with Crippen LogP contribution in [0.2, 0.25) is 0 Å². The van der Waals surface area contributed by atoms with E-state index in [2.05, 4.69) is 13.2 Å². The predicted molar refractivity (Wildman–Crippen MR) is 39.4 cm³/mol.